The van der Waals surface area contributed by atoms with Crippen molar-refractivity contribution in [3.8, 4) is 0 Å². The fraction of sp³-hybridized carbons (Fsp3) is 0.565. The molecule has 0 aliphatic carbocycles. The van der Waals surface area contributed by atoms with Crippen LogP contribution in [0, 0.1) is 0 Å². The molecule has 2 aliphatic heterocycles. The number of alkyl halides is 6. The van der Waals surface area contributed by atoms with Gasteiger partial charge in [-0.3, -0.25) is 14.6 Å². The topological polar surface area (TPSA) is 127 Å². The van der Waals surface area contributed by atoms with Crippen LogP contribution in [0.1, 0.15) is 31.0 Å². The Kier molecular flexibility index (Phi) is 11.2. The number of carboxylic acids is 2. The number of aliphatic carboxylic acids is 2. The minimum Gasteiger partial charge on any atom is -0.475 e. The maximum Gasteiger partial charge on any atom is 0.490 e. The molecule has 0 aromatic carbocycles. The van der Waals surface area contributed by atoms with Crippen molar-refractivity contribution in [2.45, 2.75) is 63.5 Å². The van der Waals surface area contributed by atoms with Crippen molar-refractivity contribution in [2.75, 3.05) is 19.7 Å². The zero-order chi connectivity index (χ0) is 29.3. The number of pyridine rings is 1. The van der Waals surface area contributed by atoms with E-state index in [0.29, 0.717) is 6.61 Å². The van der Waals surface area contributed by atoms with Crippen LogP contribution in [-0.4, -0.2) is 85.6 Å². The third-order valence-electron chi connectivity index (χ3n) is 5.57. The number of ether oxygens (including phenoxy) is 2. The van der Waals surface area contributed by atoms with Gasteiger partial charge in [-0.2, -0.15) is 31.4 Å². The standard InChI is InChI=1S/C19H26N4O2.2C2HF3O2/c1-2-23-12-16(10-21-23)11-22-14-19(15-22)9-18(6-8-25-19)24-13-17-5-3-4-7-20-17;2*3-2(4,5)1(6)7/h3-5,7,10,12,18H,2,6,8-9,11,13-15H2,1H3;2*(H,6,7). The van der Waals surface area contributed by atoms with E-state index >= 15 is 0 Å². The van der Waals surface area contributed by atoms with Crippen molar-refractivity contribution in [3.63, 3.8) is 0 Å². The molecule has 218 valence electrons. The van der Waals surface area contributed by atoms with Gasteiger partial charge in [0.25, 0.3) is 0 Å². The number of aromatic nitrogens is 3. The predicted molar refractivity (Wildman–Crippen MR) is 121 cm³/mol. The minimum atomic E-state index is -5.08. The molecule has 0 radical (unpaired) electrons. The normalized spacial score (nSPS) is 18.7. The van der Waals surface area contributed by atoms with Crippen LogP contribution in [0.2, 0.25) is 0 Å². The Morgan fingerprint density at radius 3 is 2.23 bits per heavy atom. The van der Waals surface area contributed by atoms with Gasteiger partial charge in [0.2, 0.25) is 0 Å². The summed E-state index contributed by atoms with van der Waals surface area (Å²) in [5.74, 6) is -5.51. The van der Waals surface area contributed by atoms with E-state index in [1.165, 1.54) is 5.56 Å². The van der Waals surface area contributed by atoms with Crippen molar-refractivity contribution in [1.29, 1.82) is 0 Å². The summed E-state index contributed by atoms with van der Waals surface area (Å²) in [5, 5.41) is 18.6. The number of carboxylic acid groups (broad SMARTS) is 2. The Morgan fingerprint density at radius 2 is 1.74 bits per heavy atom. The summed E-state index contributed by atoms with van der Waals surface area (Å²) >= 11 is 0. The summed E-state index contributed by atoms with van der Waals surface area (Å²) in [7, 11) is 0. The summed E-state index contributed by atoms with van der Waals surface area (Å²) < 4.78 is 77.7. The number of aryl methyl sites for hydroxylation is 1. The molecule has 0 amide bonds. The second kappa shape index (κ2) is 13.7. The lowest BCUT2D eigenvalue weighted by atomic mass is 9.84. The fourth-order valence-corrected chi connectivity index (χ4v) is 3.83. The third kappa shape index (κ3) is 10.8. The smallest absolute Gasteiger partial charge is 0.475 e. The molecule has 0 bridgehead atoms. The first-order valence-corrected chi connectivity index (χ1v) is 11.6. The van der Waals surface area contributed by atoms with Crippen molar-refractivity contribution < 1.29 is 55.6 Å². The van der Waals surface area contributed by atoms with E-state index in [1.54, 1.807) is 0 Å². The summed E-state index contributed by atoms with van der Waals surface area (Å²) in [6, 6.07) is 5.94. The molecular formula is C23H28F6N4O6. The van der Waals surface area contributed by atoms with Crippen LogP contribution in [0.4, 0.5) is 26.3 Å². The minimum absolute atomic E-state index is 0.0201. The van der Waals surface area contributed by atoms with Gasteiger partial charge in [0, 0.05) is 57.2 Å². The maximum absolute atomic E-state index is 10.6. The highest BCUT2D eigenvalue weighted by atomic mass is 19.4. The number of carbonyl (C=O) groups is 2. The molecule has 2 fully saturated rings. The van der Waals surface area contributed by atoms with Gasteiger partial charge in [0.05, 0.1) is 30.2 Å². The van der Waals surface area contributed by atoms with Crippen molar-refractivity contribution >= 4 is 11.9 Å². The first kappa shape index (κ1) is 32.0. The summed E-state index contributed by atoms with van der Waals surface area (Å²) in [4.78, 5) is 24.5. The second-order valence-electron chi connectivity index (χ2n) is 8.73. The van der Waals surface area contributed by atoms with Gasteiger partial charge in [0.1, 0.15) is 0 Å². The molecule has 10 nitrogen and oxygen atoms in total. The molecule has 2 aliphatic rings. The lowest BCUT2D eigenvalue weighted by Crippen LogP contribution is -2.65. The van der Waals surface area contributed by atoms with E-state index < -0.39 is 24.3 Å². The Bertz CT molecular complexity index is 1030. The van der Waals surface area contributed by atoms with Gasteiger partial charge >= 0.3 is 24.3 Å². The monoisotopic (exact) mass is 570 g/mol. The van der Waals surface area contributed by atoms with E-state index in [4.69, 9.17) is 29.3 Å². The van der Waals surface area contributed by atoms with Crippen LogP contribution in [0.25, 0.3) is 0 Å². The summed E-state index contributed by atoms with van der Waals surface area (Å²) in [6.07, 6.45) is -2.04. The van der Waals surface area contributed by atoms with Gasteiger partial charge in [-0.15, -0.1) is 0 Å². The van der Waals surface area contributed by atoms with Crippen LogP contribution >= 0.6 is 0 Å². The van der Waals surface area contributed by atoms with E-state index in [1.807, 2.05) is 35.3 Å². The number of likely N-dealkylation sites (tertiary alicyclic amines) is 1. The van der Waals surface area contributed by atoms with Crippen LogP contribution in [0.3, 0.4) is 0 Å². The quantitative estimate of drug-likeness (QED) is 0.502. The number of hydrogen-bond acceptors (Lipinski definition) is 7. The Labute approximate surface area is 219 Å². The molecule has 39 heavy (non-hydrogen) atoms. The van der Waals surface area contributed by atoms with Crippen LogP contribution in [0.5, 0.6) is 0 Å². The Balaban J connectivity index is 0.000000317. The lowest BCUT2D eigenvalue weighted by Gasteiger charge is -2.53. The average molecular weight is 570 g/mol. The molecule has 1 atom stereocenters. The third-order valence-corrected chi connectivity index (χ3v) is 5.57. The predicted octanol–water partition coefficient (Wildman–Crippen LogP) is 3.51. The van der Waals surface area contributed by atoms with Gasteiger partial charge < -0.3 is 19.7 Å². The van der Waals surface area contributed by atoms with Crippen LogP contribution in [0.15, 0.2) is 36.8 Å². The van der Waals surface area contributed by atoms with Gasteiger partial charge in [-0.05, 0) is 25.5 Å². The molecule has 0 saturated carbocycles. The van der Waals surface area contributed by atoms with Crippen LogP contribution < -0.4 is 0 Å². The van der Waals surface area contributed by atoms with E-state index in [0.717, 1.165) is 51.3 Å². The molecule has 1 unspecified atom stereocenters. The molecule has 4 rings (SSSR count). The van der Waals surface area contributed by atoms with Gasteiger partial charge in [-0.25, -0.2) is 9.59 Å². The molecule has 1 spiro atoms. The second-order valence-corrected chi connectivity index (χ2v) is 8.73. The number of rotatable bonds is 6. The highest BCUT2D eigenvalue weighted by Gasteiger charge is 2.47. The molecule has 2 aromatic heterocycles. The first-order valence-electron chi connectivity index (χ1n) is 11.6. The van der Waals surface area contributed by atoms with Crippen LogP contribution in [-0.2, 0) is 38.8 Å². The highest BCUT2D eigenvalue weighted by molar-refractivity contribution is 5.73. The summed E-state index contributed by atoms with van der Waals surface area (Å²) in [5.41, 5.74) is 2.25. The van der Waals surface area contributed by atoms with E-state index in [9.17, 15) is 26.3 Å². The molecule has 2 aromatic rings. The summed E-state index contributed by atoms with van der Waals surface area (Å²) in [6.45, 7) is 7.31. The largest absolute Gasteiger partial charge is 0.490 e. The van der Waals surface area contributed by atoms with E-state index in [2.05, 4.69) is 28.1 Å². The van der Waals surface area contributed by atoms with Gasteiger partial charge in [-0.1, -0.05) is 6.07 Å². The Morgan fingerprint density at radius 1 is 1.13 bits per heavy atom. The first-order chi connectivity index (χ1) is 18.1. The number of halogens is 6. The van der Waals surface area contributed by atoms with Crippen molar-refractivity contribution in [3.05, 3.63) is 48.0 Å². The molecule has 4 heterocycles. The number of hydrogen-bond donors (Lipinski definition) is 2. The number of nitrogens with zero attached hydrogens (tertiary/aromatic N) is 4. The zero-order valence-corrected chi connectivity index (χ0v) is 20.8. The fourth-order valence-electron chi connectivity index (χ4n) is 3.83. The average Bonchev–Trinajstić information content (AvgIpc) is 3.30. The molecular weight excluding hydrogens is 542 g/mol. The molecule has 2 saturated heterocycles. The maximum atomic E-state index is 10.6. The zero-order valence-electron chi connectivity index (χ0n) is 20.8. The molecule has 16 heteroatoms. The molecule has 2 N–H and O–H groups in total. The SMILES string of the molecule is CCn1cc(CN2CC3(CC(OCc4ccccn4)CCO3)C2)cn1.O=C(O)C(F)(F)F.O=C(O)C(F)(F)F. The van der Waals surface area contributed by atoms with Crippen molar-refractivity contribution in [1.82, 2.24) is 19.7 Å². The Hall–Kier alpha value is -3.24. The van der Waals surface area contributed by atoms with Crippen molar-refractivity contribution in [2.24, 2.45) is 0 Å². The lowest BCUT2D eigenvalue weighted by molar-refractivity contribution is -0.200. The van der Waals surface area contributed by atoms with E-state index in [-0.39, 0.29) is 11.7 Å². The highest BCUT2D eigenvalue weighted by Crippen LogP contribution is 2.36. The van der Waals surface area contributed by atoms with Gasteiger partial charge in [0.15, 0.2) is 0 Å².